The summed E-state index contributed by atoms with van der Waals surface area (Å²) in [6.45, 7) is 2.92. The Morgan fingerprint density at radius 2 is 1.86 bits per heavy atom. The number of allylic oxidation sites excluding steroid dienone is 1. The summed E-state index contributed by atoms with van der Waals surface area (Å²) in [6.07, 6.45) is 1.02. The summed E-state index contributed by atoms with van der Waals surface area (Å²) in [5.74, 6) is -0.366. The summed E-state index contributed by atoms with van der Waals surface area (Å²) < 4.78 is 16.3. The molecule has 28 heavy (non-hydrogen) atoms. The maximum absolute atomic E-state index is 12.4. The van der Waals surface area contributed by atoms with Crippen molar-refractivity contribution in [1.29, 1.82) is 0 Å². The normalized spacial score (nSPS) is 11.8. The Morgan fingerprint density at radius 1 is 1.11 bits per heavy atom. The summed E-state index contributed by atoms with van der Waals surface area (Å²) in [6, 6.07) is 13.3. The van der Waals surface area contributed by atoms with E-state index in [9.17, 15) is 14.7 Å². The van der Waals surface area contributed by atoms with E-state index in [0.717, 1.165) is 0 Å². The zero-order chi connectivity index (χ0) is 20.4. The Hall–Kier alpha value is -3.32. The third-order valence-electron chi connectivity index (χ3n) is 3.57. The minimum absolute atomic E-state index is 0.283. The molecule has 0 aliphatic carbocycles. The van der Waals surface area contributed by atoms with E-state index in [0.29, 0.717) is 36.8 Å². The van der Waals surface area contributed by atoms with Crippen molar-refractivity contribution in [3.05, 3.63) is 66.2 Å². The van der Waals surface area contributed by atoms with Gasteiger partial charge in [-0.2, -0.15) is 0 Å². The average molecular weight is 385 g/mol. The maximum Gasteiger partial charge on any atom is 0.349 e. The number of carboxylic acid groups (broad SMARTS) is 1. The number of carboxylic acids is 1. The molecule has 2 aromatic rings. The van der Waals surface area contributed by atoms with Crippen molar-refractivity contribution in [2.45, 2.75) is 13.0 Å². The lowest BCUT2D eigenvalue weighted by Crippen LogP contribution is -2.25. The second-order valence-corrected chi connectivity index (χ2v) is 5.64. The Bertz CT molecular complexity index is 833. The SMILES string of the molecule is CCOc1ccccc1OC(C=CC(=O)c1cccc(OCCN)c1)C(=O)O. The van der Waals surface area contributed by atoms with Gasteiger partial charge in [-0.1, -0.05) is 24.3 Å². The van der Waals surface area contributed by atoms with Gasteiger partial charge >= 0.3 is 5.97 Å². The molecule has 3 N–H and O–H groups in total. The Morgan fingerprint density at radius 3 is 2.54 bits per heavy atom. The fourth-order valence-corrected chi connectivity index (χ4v) is 2.32. The van der Waals surface area contributed by atoms with Crippen LogP contribution in [0.3, 0.4) is 0 Å². The average Bonchev–Trinajstić information content (AvgIpc) is 2.70. The molecule has 0 saturated heterocycles. The minimum Gasteiger partial charge on any atom is -0.492 e. The molecule has 1 atom stereocenters. The minimum atomic E-state index is -1.35. The zero-order valence-electron chi connectivity index (χ0n) is 15.5. The van der Waals surface area contributed by atoms with Crippen LogP contribution in [0, 0.1) is 0 Å². The van der Waals surface area contributed by atoms with Crippen LogP contribution < -0.4 is 19.9 Å². The van der Waals surface area contributed by atoms with Gasteiger partial charge < -0.3 is 25.1 Å². The van der Waals surface area contributed by atoms with Crippen LogP contribution in [-0.2, 0) is 4.79 Å². The van der Waals surface area contributed by atoms with Gasteiger partial charge in [0, 0.05) is 12.1 Å². The molecule has 0 saturated carbocycles. The molecule has 2 aromatic carbocycles. The number of rotatable bonds is 11. The molecule has 7 nitrogen and oxygen atoms in total. The van der Waals surface area contributed by atoms with Crippen molar-refractivity contribution >= 4 is 11.8 Å². The first-order valence-corrected chi connectivity index (χ1v) is 8.82. The molecule has 0 aliphatic rings. The highest BCUT2D eigenvalue weighted by Gasteiger charge is 2.18. The fraction of sp³-hybridized carbons (Fsp3) is 0.238. The largest absolute Gasteiger partial charge is 0.492 e. The lowest BCUT2D eigenvalue weighted by molar-refractivity contribution is -0.142. The van der Waals surface area contributed by atoms with E-state index in [1.165, 1.54) is 12.2 Å². The van der Waals surface area contributed by atoms with Crippen molar-refractivity contribution in [3.63, 3.8) is 0 Å². The third kappa shape index (κ3) is 6.14. The summed E-state index contributed by atoms with van der Waals surface area (Å²) in [5.41, 5.74) is 5.76. The predicted octanol–water partition coefficient (Wildman–Crippen LogP) is 2.69. The third-order valence-corrected chi connectivity index (χ3v) is 3.57. The van der Waals surface area contributed by atoms with Crippen molar-refractivity contribution in [2.24, 2.45) is 5.73 Å². The van der Waals surface area contributed by atoms with Crippen LogP contribution in [0.15, 0.2) is 60.7 Å². The van der Waals surface area contributed by atoms with Crippen molar-refractivity contribution in [2.75, 3.05) is 19.8 Å². The number of hydrogen-bond donors (Lipinski definition) is 2. The first kappa shape index (κ1) is 21.0. The Kier molecular flexibility index (Phi) is 8.05. The zero-order valence-corrected chi connectivity index (χ0v) is 15.5. The van der Waals surface area contributed by atoms with Crippen LogP contribution in [0.1, 0.15) is 17.3 Å². The van der Waals surface area contributed by atoms with E-state index < -0.39 is 12.1 Å². The van der Waals surface area contributed by atoms with E-state index in [2.05, 4.69) is 0 Å². The first-order chi connectivity index (χ1) is 13.5. The van der Waals surface area contributed by atoms with Crippen LogP contribution >= 0.6 is 0 Å². The standard InChI is InChI=1S/C21H23NO6/c1-2-26-18-8-3-4-9-19(18)28-20(21(24)25)11-10-17(23)15-6-5-7-16(14-15)27-13-12-22/h3-11,14,20H,2,12-13,22H2,1H3,(H,24,25). The van der Waals surface area contributed by atoms with Crippen LogP contribution in [0.25, 0.3) is 0 Å². The number of benzene rings is 2. The van der Waals surface area contributed by atoms with Crippen molar-refractivity contribution < 1.29 is 28.9 Å². The molecular formula is C21H23NO6. The Balaban J connectivity index is 2.13. The van der Waals surface area contributed by atoms with E-state index in [4.69, 9.17) is 19.9 Å². The monoisotopic (exact) mass is 385 g/mol. The summed E-state index contributed by atoms with van der Waals surface area (Å²) in [7, 11) is 0. The molecule has 0 heterocycles. The van der Waals surface area contributed by atoms with E-state index >= 15 is 0 Å². The molecule has 1 unspecified atom stereocenters. The summed E-state index contributed by atoms with van der Waals surface area (Å²) in [4.78, 5) is 23.9. The lowest BCUT2D eigenvalue weighted by atomic mass is 10.1. The van der Waals surface area contributed by atoms with E-state index in [-0.39, 0.29) is 11.5 Å². The van der Waals surface area contributed by atoms with Gasteiger partial charge in [-0.25, -0.2) is 4.79 Å². The lowest BCUT2D eigenvalue weighted by Gasteiger charge is -2.15. The fourth-order valence-electron chi connectivity index (χ4n) is 2.32. The Labute approximate surface area is 163 Å². The van der Waals surface area contributed by atoms with Gasteiger partial charge in [0.2, 0.25) is 6.10 Å². The molecule has 0 aromatic heterocycles. The quantitative estimate of drug-likeness (QED) is 0.452. The maximum atomic E-state index is 12.4. The van der Waals surface area contributed by atoms with Crippen LogP contribution in [0.5, 0.6) is 17.2 Å². The van der Waals surface area contributed by atoms with Crippen molar-refractivity contribution in [1.82, 2.24) is 0 Å². The first-order valence-electron chi connectivity index (χ1n) is 8.82. The summed E-state index contributed by atoms with van der Waals surface area (Å²) >= 11 is 0. The molecule has 0 fully saturated rings. The number of nitrogens with two attached hydrogens (primary N) is 1. The highest BCUT2D eigenvalue weighted by molar-refractivity contribution is 6.05. The highest BCUT2D eigenvalue weighted by atomic mass is 16.5. The molecular weight excluding hydrogens is 362 g/mol. The van der Waals surface area contributed by atoms with Crippen LogP contribution in [0.4, 0.5) is 0 Å². The number of carbonyl (C=O) groups is 2. The van der Waals surface area contributed by atoms with Crippen molar-refractivity contribution in [3.8, 4) is 17.2 Å². The molecule has 2 rings (SSSR count). The van der Waals surface area contributed by atoms with Gasteiger partial charge in [0.25, 0.3) is 0 Å². The topological polar surface area (TPSA) is 108 Å². The second kappa shape index (κ2) is 10.7. The molecule has 0 aliphatic heterocycles. The van der Waals surface area contributed by atoms with Gasteiger partial charge in [0.15, 0.2) is 17.3 Å². The smallest absolute Gasteiger partial charge is 0.349 e. The van der Waals surface area contributed by atoms with Gasteiger partial charge in [0.05, 0.1) is 6.61 Å². The van der Waals surface area contributed by atoms with Crippen LogP contribution in [-0.4, -0.2) is 42.7 Å². The van der Waals surface area contributed by atoms with Gasteiger partial charge in [-0.05, 0) is 43.3 Å². The molecule has 0 amide bonds. The summed E-state index contributed by atoms with van der Waals surface area (Å²) in [5, 5.41) is 9.42. The molecule has 0 spiro atoms. The number of ketones is 1. The molecule has 0 radical (unpaired) electrons. The number of aliphatic carboxylic acids is 1. The predicted molar refractivity (Wildman–Crippen MR) is 104 cm³/mol. The molecule has 148 valence electrons. The van der Waals surface area contributed by atoms with Gasteiger partial charge in [-0.3, -0.25) is 4.79 Å². The second-order valence-electron chi connectivity index (χ2n) is 5.64. The number of ether oxygens (including phenoxy) is 3. The number of para-hydroxylation sites is 2. The number of carbonyl (C=O) groups excluding carboxylic acids is 1. The number of hydrogen-bond acceptors (Lipinski definition) is 6. The highest BCUT2D eigenvalue weighted by Crippen LogP contribution is 2.27. The van der Waals surface area contributed by atoms with E-state index in [1.54, 1.807) is 48.5 Å². The molecule has 0 bridgehead atoms. The molecule has 7 heteroatoms. The van der Waals surface area contributed by atoms with Gasteiger partial charge in [-0.15, -0.1) is 0 Å². The van der Waals surface area contributed by atoms with E-state index in [1.807, 2.05) is 6.92 Å². The van der Waals surface area contributed by atoms with Crippen LogP contribution in [0.2, 0.25) is 0 Å². The van der Waals surface area contributed by atoms with Gasteiger partial charge in [0.1, 0.15) is 12.4 Å².